The molecule has 3 heterocycles. The van der Waals surface area contributed by atoms with E-state index in [1.807, 2.05) is 31.0 Å². The summed E-state index contributed by atoms with van der Waals surface area (Å²) in [5, 5.41) is 13.0. The molecule has 0 spiro atoms. The van der Waals surface area contributed by atoms with E-state index in [-0.39, 0.29) is 5.92 Å². The Labute approximate surface area is 142 Å². The van der Waals surface area contributed by atoms with Gasteiger partial charge in [0, 0.05) is 30.2 Å². The average molecular weight is 373 g/mol. The maximum atomic E-state index is 4.41. The Morgan fingerprint density at radius 3 is 2.78 bits per heavy atom. The highest BCUT2D eigenvalue weighted by atomic mass is 79.9. The molecule has 23 heavy (non-hydrogen) atoms. The van der Waals surface area contributed by atoms with Gasteiger partial charge in [0.1, 0.15) is 11.6 Å². The van der Waals surface area contributed by atoms with Crippen LogP contribution in [-0.2, 0) is 7.05 Å². The normalized spacial score (nSPS) is 16.9. The summed E-state index contributed by atoms with van der Waals surface area (Å²) >= 11 is 3.60. The zero-order valence-corrected chi connectivity index (χ0v) is 14.8. The van der Waals surface area contributed by atoms with Crippen LogP contribution in [0, 0.1) is 6.92 Å². The van der Waals surface area contributed by atoms with Gasteiger partial charge in [-0.05, 0) is 25.1 Å². The summed E-state index contributed by atoms with van der Waals surface area (Å²) in [6, 6.07) is 6.31. The van der Waals surface area contributed by atoms with Gasteiger partial charge in [-0.15, -0.1) is 10.2 Å². The van der Waals surface area contributed by atoms with Gasteiger partial charge < -0.3 is 4.90 Å². The summed E-state index contributed by atoms with van der Waals surface area (Å²) in [7, 11) is 1.94. The number of anilines is 2. The maximum absolute atomic E-state index is 4.41. The lowest BCUT2D eigenvalue weighted by Crippen LogP contribution is -2.21. The van der Waals surface area contributed by atoms with Crippen LogP contribution in [0.5, 0.6) is 0 Å². The SMILES string of the molecule is Cc1nnc2n1-c1ccc(Br)cc1N(c1cnn(C)c1)CC2C. The molecule has 0 radical (unpaired) electrons. The first-order valence-corrected chi connectivity index (χ1v) is 8.32. The molecule has 0 N–H and O–H groups in total. The Kier molecular flexibility index (Phi) is 3.26. The largest absolute Gasteiger partial charge is 0.336 e. The smallest absolute Gasteiger partial charge is 0.142 e. The minimum absolute atomic E-state index is 0.252. The van der Waals surface area contributed by atoms with E-state index in [0.29, 0.717) is 0 Å². The Bertz CT molecular complexity index is 881. The van der Waals surface area contributed by atoms with Crippen LogP contribution >= 0.6 is 15.9 Å². The molecule has 2 aromatic heterocycles. The van der Waals surface area contributed by atoms with Gasteiger partial charge in [0.05, 0.1) is 23.3 Å². The van der Waals surface area contributed by atoms with Crippen molar-refractivity contribution < 1.29 is 0 Å². The first kappa shape index (κ1) is 14.4. The number of aryl methyl sites for hydroxylation is 2. The topological polar surface area (TPSA) is 51.8 Å². The minimum Gasteiger partial charge on any atom is -0.336 e. The van der Waals surface area contributed by atoms with Gasteiger partial charge in [0.2, 0.25) is 0 Å². The highest BCUT2D eigenvalue weighted by molar-refractivity contribution is 9.10. The van der Waals surface area contributed by atoms with E-state index in [1.165, 1.54) is 0 Å². The summed E-state index contributed by atoms with van der Waals surface area (Å²) < 4.78 is 5.03. The number of halogens is 1. The molecule has 0 fully saturated rings. The summed E-state index contributed by atoms with van der Waals surface area (Å²) in [6.45, 7) is 5.01. The Hall–Kier alpha value is -2.15. The lowest BCUT2D eigenvalue weighted by Gasteiger charge is -2.25. The number of fused-ring (bicyclic) bond motifs is 3. The van der Waals surface area contributed by atoms with E-state index < -0.39 is 0 Å². The number of rotatable bonds is 1. The molecule has 0 bridgehead atoms. The van der Waals surface area contributed by atoms with Gasteiger partial charge in [-0.3, -0.25) is 9.25 Å². The number of hydrogen-bond donors (Lipinski definition) is 0. The van der Waals surface area contributed by atoms with Gasteiger partial charge in [-0.2, -0.15) is 5.10 Å². The Morgan fingerprint density at radius 1 is 1.22 bits per heavy atom. The van der Waals surface area contributed by atoms with Crippen LogP contribution in [0.25, 0.3) is 5.69 Å². The zero-order chi connectivity index (χ0) is 16.1. The standard InChI is InChI=1S/C16H17BrN6/c1-10-8-22(13-7-18-21(3)9-13)15-6-12(17)4-5-14(15)23-11(2)19-20-16(10)23/h4-7,9-10H,8H2,1-3H3. The highest BCUT2D eigenvalue weighted by Gasteiger charge is 2.28. The average Bonchev–Trinajstić information content (AvgIpc) is 3.08. The second kappa shape index (κ2) is 5.19. The van der Waals surface area contributed by atoms with Crippen molar-refractivity contribution in [3.8, 4) is 5.69 Å². The predicted molar refractivity (Wildman–Crippen MR) is 92.4 cm³/mol. The van der Waals surface area contributed by atoms with Gasteiger partial charge in [-0.25, -0.2) is 0 Å². The van der Waals surface area contributed by atoms with E-state index in [4.69, 9.17) is 0 Å². The molecule has 0 saturated heterocycles. The highest BCUT2D eigenvalue weighted by Crippen LogP contribution is 2.39. The van der Waals surface area contributed by atoms with Crippen LogP contribution in [0.1, 0.15) is 24.5 Å². The van der Waals surface area contributed by atoms with Crippen molar-refractivity contribution in [3.05, 3.63) is 46.7 Å². The molecule has 4 rings (SSSR count). The molecule has 1 aromatic carbocycles. The third-order valence-corrected chi connectivity index (χ3v) is 4.71. The van der Waals surface area contributed by atoms with E-state index in [9.17, 15) is 0 Å². The summed E-state index contributed by atoms with van der Waals surface area (Å²) in [5.74, 6) is 2.16. The van der Waals surface area contributed by atoms with Crippen LogP contribution in [0.2, 0.25) is 0 Å². The lowest BCUT2D eigenvalue weighted by molar-refractivity contribution is 0.695. The number of benzene rings is 1. The molecular weight excluding hydrogens is 356 g/mol. The van der Waals surface area contributed by atoms with Crippen molar-refractivity contribution in [2.45, 2.75) is 19.8 Å². The quantitative estimate of drug-likeness (QED) is 0.657. The van der Waals surface area contributed by atoms with E-state index in [1.54, 1.807) is 0 Å². The van der Waals surface area contributed by atoms with Crippen LogP contribution in [0.15, 0.2) is 35.1 Å². The van der Waals surface area contributed by atoms with Gasteiger partial charge in [-0.1, -0.05) is 22.9 Å². The molecule has 7 heteroatoms. The van der Waals surface area contributed by atoms with Gasteiger partial charge in [0.15, 0.2) is 0 Å². The van der Waals surface area contributed by atoms with E-state index >= 15 is 0 Å². The monoisotopic (exact) mass is 372 g/mol. The predicted octanol–water partition coefficient (Wildman–Crippen LogP) is 3.33. The number of aromatic nitrogens is 5. The fraction of sp³-hybridized carbons (Fsp3) is 0.312. The van der Waals surface area contributed by atoms with Crippen LogP contribution in [0.3, 0.4) is 0 Å². The summed E-state index contributed by atoms with van der Waals surface area (Å²) in [4.78, 5) is 2.30. The van der Waals surface area contributed by atoms with Crippen LogP contribution in [0.4, 0.5) is 11.4 Å². The molecule has 0 saturated carbocycles. The lowest BCUT2D eigenvalue weighted by atomic mass is 10.1. The third-order valence-electron chi connectivity index (χ3n) is 4.22. The van der Waals surface area contributed by atoms with Crippen molar-refractivity contribution in [2.24, 2.45) is 7.05 Å². The molecule has 1 aliphatic heterocycles. The van der Waals surface area contributed by atoms with Crippen molar-refractivity contribution in [3.63, 3.8) is 0 Å². The maximum Gasteiger partial charge on any atom is 0.142 e. The first-order chi connectivity index (χ1) is 11.0. The van der Waals surface area contributed by atoms with E-state index in [0.717, 1.165) is 39.7 Å². The summed E-state index contributed by atoms with van der Waals surface area (Å²) in [5.41, 5.74) is 3.30. The molecule has 118 valence electrons. The second-order valence-corrected chi connectivity index (χ2v) is 6.87. The zero-order valence-electron chi connectivity index (χ0n) is 13.2. The fourth-order valence-electron chi connectivity index (χ4n) is 3.14. The van der Waals surface area contributed by atoms with Crippen molar-refractivity contribution in [1.29, 1.82) is 0 Å². The summed E-state index contributed by atoms with van der Waals surface area (Å²) in [6.07, 6.45) is 3.94. The number of nitrogens with zero attached hydrogens (tertiary/aromatic N) is 6. The van der Waals surface area contributed by atoms with E-state index in [2.05, 4.69) is 65.8 Å². The van der Waals surface area contributed by atoms with Gasteiger partial charge in [0.25, 0.3) is 0 Å². The number of hydrogen-bond acceptors (Lipinski definition) is 4. The molecule has 0 aliphatic carbocycles. The minimum atomic E-state index is 0.252. The Balaban J connectivity index is 1.98. The molecule has 6 nitrogen and oxygen atoms in total. The molecule has 3 aromatic rings. The van der Waals surface area contributed by atoms with Crippen molar-refractivity contribution >= 4 is 27.3 Å². The van der Waals surface area contributed by atoms with Crippen molar-refractivity contribution in [2.75, 3.05) is 11.4 Å². The molecule has 1 unspecified atom stereocenters. The second-order valence-electron chi connectivity index (χ2n) is 5.96. The Morgan fingerprint density at radius 2 is 2.04 bits per heavy atom. The molecular formula is C16H17BrN6. The van der Waals surface area contributed by atoms with Crippen molar-refractivity contribution in [1.82, 2.24) is 24.5 Å². The molecule has 1 atom stereocenters. The molecule has 1 aliphatic rings. The first-order valence-electron chi connectivity index (χ1n) is 7.52. The van der Waals surface area contributed by atoms with Gasteiger partial charge >= 0.3 is 0 Å². The van der Waals surface area contributed by atoms with Crippen LogP contribution in [-0.4, -0.2) is 31.1 Å². The molecule has 0 amide bonds. The third kappa shape index (κ3) is 2.26. The van der Waals surface area contributed by atoms with Crippen LogP contribution < -0.4 is 4.90 Å². The fourth-order valence-corrected chi connectivity index (χ4v) is 3.49.